The van der Waals surface area contributed by atoms with E-state index in [-0.39, 0.29) is 5.78 Å². The number of ether oxygens (including phenoxy) is 1. The number of hydrogen-bond donors (Lipinski definition) is 0. The van der Waals surface area contributed by atoms with Crippen molar-refractivity contribution in [2.75, 3.05) is 7.11 Å². The molecule has 0 aliphatic heterocycles. The molecule has 0 amide bonds. The summed E-state index contributed by atoms with van der Waals surface area (Å²) in [6.07, 6.45) is 2.88. The van der Waals surface area contributed by atoms with Gasteiger partial charge in [-0.25, -0.2) is 0 Å². The predicted octanol–water partition coefficient (Wildman–Crippen LogP) is 1.61. The maximum Gasteiger partial charge on any atom is 0.192 e. The number of hydrogen-bond acceptors (Lipinski definition) is 3. The highest BCUT2D eigenvalue weighted by atomic mass is 16.5. The van der Waals surface area contributed by atoms with Crippen LogP contribution in [0.1, 0.15) is 22.8 Å². The first kappa shape index (κ1) is 9.86. The van der Waals surface area contributed by atoms with Gasteiger partial charge in [0.2, 0.25) is 0 Å². The van der Waals surface area contributed by atoms with Crippen LogP contribution in [0.4, 0.5) is 0 Å². The molecule has 3 heteroatoms. The molecule has 0 saturated carbocycles. The normalized spacial score (nSPS) is 12.5. The quantitative estimate of drug-likeness (QED) is 0.662. The average Bonchev–Trinajstić information content (AvgIpc) is 2.15. The summed E-state index contributed by atoms with van der Waals surface area (Å²) in [6, 6.07) is 1.81. The van der Waals surface area contributed by atoms with Crippen molar-refractivity contribution in [3.8, 4) is 0 Å². The van der Waals surface area contributed by atoms with Crippen LogP contribution in [0.2, 0.25) is 0 Å². The molecule has 0 saturated heterocycles. The van der Waals surface area contributed by atoms with Crippen LogP contribution in [0.25, 0.3) is 0 Å². The smallest absolute Gasteiger partial charge is 0.192 e. The summed E-state index contributed by atoms with van der Waals surface area (Å²) in [4.78, 5) is 15.5. The molecular weight excluding hydrogens is 166 g/mol. The minimum atomic E-state index is -0.399. The third-order valence-electron chi connectivity index (χ3n) is 1.88. The lowest BCUT2D eigenvalue weighted by molar-refractivity contribution is 0.0655. The number of aryl methyl sites for hydroxylation is 1. The first-order valence-corrected chi connectivity index (χ1v) is 4.14. The largest absolute Gasteiger partial charge is 0.374 e. The summed E-state index contributed by atoms with van der Waals surface area (Å²) in [7, 11) is 1.52. The molecule has 0 aliphatic carbocycles. The Hall–Kier alpha value is -1.22. The van der Waals surface area contributed by atoms with Crippen LogP contribution in [0.5, 0.6) is 0 Å². The predicted molar refractivity (Wildman–Crippen MR) is 49.8 cm³/mol. The number of ketones is 1. The number of Topliss-reactive ketones (excluding diaryl/α,β-unsaturated/α-hetero) is 1. The van der Waals surface area contributed by atoms with Gasteiger partial charge in [-0.05, 0) is 25.5 Å². The minimum Gasteiger partial charge on any atom is -0.374 e. The van der Waals surface area contributed by atoms with Crippen molar-refractivity contribution in [3.05, 3.63) is 29.6 Å². The third-order valence-corrected chi connectivity index (χ3v) is 1.88. The standard InChI is InChI=1S/C10H13NO2/c1-7-4-9(6-11-5-7)10(12)8(2)13-3/h4-6,8H,1-3H3. The molecule has 13 heavy (non-hydrogen) atoms. The van der Waals surface area contributed by atoms with Crippen LogP contribution < -0.4 is 0 Å². The summed E-state index contributed by atoms with van der Waals surface area (Å²) in [6.45, 7) is 3.63. The molecule has 0 bridgehead atoms. The van der Waals surface area contributed by atoms with E-state index in [0.29, 0.717) is 5.56 Å². The van der Waals surface area contributed by atoms with Gasteiger partial charge in [0.1, 0.15) is 6.10 Å². The number of carbonyl (C=O) groups is 1. The number of pyridine rings is 1. The van der Waals surface area contributed by atoms with Gasteiger partial charge in [0.05, 0.1) is 0 Å². The van der Waals surface area contributed by atoms with Gasteiger partial charge < -0.3 is 4.74 Å². The van der Waals surface area contributed by atoms with Crippen LogP contribution in [0, 0.1) is 6.92 Å². The molecule has 0 radical (unpaired) electrons. The van der Waals surface area contributed by atoms with E-state index in [1.165, 1.54) is 7.11 Å². The number of aromatic nitrogens is 1. The molecule has 0 spiro atoms. The highest BCUT2D eigenvalue weighted by Crippen LogP contribution is 2.06. The van der Waals surface area contributed by atoms with Crippen molar-refractivity contribution in [2.45, 2.75) is 20.0 Å². The Morgan fingerprint density at radius 1 is 1.54 bits per heavy atom. The Bertz CT molecular complexity index is 310. The lowest BCUT2D eigenvalue weighted by Gasteiger charge is -2.07. The Labute approximate surface area is 77.8 Å². The Balaban J connectivity index is 2.89. The highest BCUT2D eigenvalue weighted by molar-refractivity contribution is 5.99. The molecule has 0 N–H and O–H groups in total. The molecule has 0 fully saturated rings. The zero-order chi connectivity index (χ0) is 9.84. The molecule has 1 rings (SSSR count). The zero-order valence-electron chi connectivity index (χ0n) is 8.07. The molecule has 0 aromatic carbocycles. The first-order chi connectivity index (χ1) is 6.15. The van der Waals surface area contributed by atoms with Crippen molar-refractivity contribution in [3.63, 3.8) is 0 Å². The highest BCUT2D eigenvalue weighted by Gasteiger charge is 2.14. The van der Waals surface area contributed by atoms with E-state index in [9.17, 15) is 4.79 Å². The molecule has 1 heterocycles. The average molecular weight is 179 g/mol. The lowest BCUT2D eigenvalue weighted by atomic mass is 10.1. The van der Waals surface area contributed by atoms with Gasteiger partial charge in [0.15, 0.2) is 5.78 Å². The van der Waals surface area contributed by atoms with Crippen molar-refractivity contribution in [2.24, 2.45) is 0 Å². The van der Waals surface area contributed by atoms with E-state index < -0.39 is 6.10 Å². The molecule has 1 atom stereocenters. The number of nitrogens with zero attached hydrogens (tertiary/aromatic N) is 1. The van der Waals surface area contributed by atoms with Gasteiger partial charge >= 0.3 is 0 Å². The van der Waals surface area contributed by atoms with Crippen LogP contribution in [-0.4, -0.2) is 24.0 Å². The van der Waals surface area contributed by atoms with Crippen molar-refractivity contribution < 1.29 is 9.53 Å². The monoisotopic (exact) mass is 179 g/mol. The van der Waals surface area contributed by atoms with Crippen molar-refractivity contribution >= 4 is 5.78 Å². The summed E-state index contributed by atoms with van der Waals surface area (Å²) in [5.74, 6) is -0.0290. The molecule has 70 valence electrons. The van der Waals surface area contributed by atoms with Gasteiger partial charge in [-0.1, -0.05) is 0 Å². The van der Waals surface area contributed by atoms with Crippen LogP contribution in [0.15, 0.2) is 18.5 Å². The van der Waals surface area contributed by atoms with E-state index >= 15 is 0 Å². The van der Waals surface area contributed by atoms with E-state index in [4.69, 9.17) is 4.74 Å². The Morgan fingerprint density at radius 2 is 2.23 bits per heavy atom. The second kappa shape index (κ2) is 4.14. The Kier molecular flexibility index (Phi) is 3.14. The van der Waals surface area contributed by atoms with Gasteiger partial charge in [-0.2, -0.15) is 0 Å². The summed E-state index contributed by atoms with van der Waals surface area (Å²) in [5.41, 5.74) is 1.59. The number of rotatable bonds is 3. The number of methoxy groups -OCH3 is 1. The minimum absolute atomic E-state index is 0.0290. The second-order valence-electron chi connectivity index (χ2n) is 2.99. The van der Waals surface area contributed by atoms with Gasteiger partial charge in [-0.3, -0.25) is 9.78 Å². The SMILES string of the molecule is COC(C)C(=O)c1cncc(C)c1. The second-order valence-corrected chi connectivity index (χ2v) is 2.99. The zero-order valence-corrected chi connectivity index (χ0v) is 8.07. The van der Waals surface area contributed by atoms with Crippen molar-refractivity contribution in [1.29, 1.82) is 0 Å². The van der Waals surface area contributed by atoms with E-state index in [0.717, 1.165) is 5.56 Å². The fourth-order valence-corrected chi connectivity index (χ4v) is 1.03. The molecule has 3 nitrogen and oxygen atoms in total. The number of carbonyl (C=O) groups excluding carboxylic acids is 1. The van der Waals surface area contributed by atoms with Crippen LogP contribution in [0.3, 0.4) is 0 Å². The fourth-order valence-electron chi connectivity index (χ4n) is 1.03. The van der Waals surface area contributed by atoms with Crippen LogP contribution >= 0.6 is 0 Å². The molecule has 1 unspecified atom stereocenters. The van der Waals surface area contributed by atoms with E-state index in [1.54, 1.807) is 19.3 Å². The maximum absolute atomic E-state index is 11.6. The van der Waals surface area contributed by atoms with Crippen molar-refractivity contribution in [1.82, 2.24) is 4.98 Å². The third kappa shape index (κ3) is 2.36. The van der Waals surface area contributed by atoms with Gasteiger partial charge in [-0.15, -0.1) is 0 Å². The maximum atomic E-state index is 11.6. The topological polar surface area (TPSA) is 39.2 Å². The lowest BCUT2D eigenvalue weighted by Crippen LogP contribution is -2.19. The molecule has 1 aromatic heterocycles. The fraction of sp³-hybridized carbons (Fsp3) is 0.400. The molecular formula is C10H13NO2. The van der Waals surface area contributed by atoms with Gasteiger partial charge in [0.25, 0.3) is 0 Å². The molecule has 0 aliphatic rings. The van der Waals surface area contributed by atoms with E-state index in [2.05, 4.69) is 4.98 Å². The van der Waals surface area contributed by atoms with Gasteiger partial charge in [0, 0.05) is 25.1 Å². The summed E-state index contributed by atoms with van der Waals surface area (Å²) >= 11 is 0. The molecule has 1 aromatic rings. The van der Waals surface area contributed by atoms with E-state index in [1.807, 2.05) is 13.0 Å². The first-order valence-electron chi connectivity index (χ1n) is 4.14. The Morgan fingerprint density at radius 3 is 2.77 bits per heavy atom. The summed E-state index contributed by atoms with van der Waals surface area (Å²) in [5, 5.41) is 0. The van der Waals surface area contributed by atoms with Crippen LogP contribution in [-0.2, 0) is 4.74 Å². The summed E-state index contributed by atoms with van der Waals surface area (Å²) < 4.78 is 4.93.